The average Bonchev–Trinajstić information content (AvgIpc) is 2.88. The van der Waals surface area contributed by atoms with Gasteiger partial charge in [-0.1, -0.05) is 0 Å². The molecule has 1 aromatic rings. The molecule has 2 N–H and O–H groups in total. The summed E-state index contributed by atoms with van der Waals surface area (Å²) in [6.07, 6.45) is 4.84. The summed E-state index contributed by atoms with van der Waals surface area (Å²) in [5, 5.41) is 11.2. The van der Waals surface area contributed by atoms with Crippen molar-refractivity contribution in [2.24, 2.45) is 0 Å². The molecule has 1 aliphatic heterocycles. The first-order valence-electron chi connectivity index (χ1n) is 6.21. The molecule has 0 bridgehead atoms. The Kier molecular flexibility index (Phi) is 4.27. The summed E-state index contributed by atoms with van der Waals surface area (Å²) >= 11 is 0. The predicted molar refractivity (Wildman–Crippen MR) is 67.7 cm³/mol. The molecular weight excluding hydrogens is 248 g/mol. The number of nitrogens with one attached hydrogen (secondary N) is 1. The van der Waals surface area contributed by atoms with Crippen molar-refractivity contribution in [2.75, 3.05) is 18.0 Å². The third kappa shape index (κ3) is 3.40. The van der Waals surface area contributed by atoms with Gasteiger partial charge < -0.3 is 15.3 Å². The van der Waals surface area contributed by atoms with Crippen molar-refractivity contribution in [1.82, 2.24) is 15.3 Å². The van der Waals surface area contributed by atoms with Crippen LogP contribution in [0.1, 0.15) is 19.3 Å². The Labute approximate surface area is 110 Å². The van der Waals surface area contributed by atoms with Crippen molar-refractivity contribution < 1.29 is 14.7 Å². The van der Waals surface area contributed by atoms with E-state index in [4.69, 9.17) is 5.11 Å². The van der Waals surface area contributed by atoms with E-state index in [1.165, 1.54) is 0 Å². The summed E-state index contributed by atoms with van der Waals surface area (Å²) < 4.78 is 0. The van der Waals surface area contributed by atoms with Gasteiger partial charge in [-0.2, -0.15) is 0 Å². The molecule has 1 aliphatic rings. The highest BCUT2D eigenvalue weighted by molar-refractivity contribution is 5.85. The Morgan fingerprint density at radius 3 is 2.84 bits per heavy atom. The van der Waals surface area contributed by atoms with Crippen molar-refractivity contribution in [3.63, 3.8) is 0 Å². The highest BCUT2D eigenvalue weighted by Gasteiger charge is 2.32. The number of rotatable bonds is 5. The highest BCUT2D eigenvalue weighted by Crippen LogP contribution is 2.21. The molecule has 1 aromatic heterocycles. The zero-order chi connectivity index (χ0) is 13.7. The van der Waals surface area contributed by atoms with Crippen LogP contribution in [-0.2, 0) is 9.59 Å². The maximum atomic E-state index is 12.0. The number of nitrogens with zero attached hydrogens (tertiary/aromatic N) is 3. The molecule has 0 saturated carbocycles. The molecule has 1 unspecified atom stereocenters. The smallest absolute Gasteiger partial charge is 0.305 e. The number of carbonyl (C=O) groups excluding carboxylic acids is 1. The van der Waals surface area contributed by atoms with Gasteiger partial charge in [0.1, 0.15) is 6.04 Å². The second-order valence-corrected chi connectivity index (χ2v) is 4.33. The zero-order valence-corrected chi connectivity index (χ0v) is 10.5. The van der Waals surface area contributed by atoms with Crippen LogP contribution in [0.2, 0.25) is 0 Å². The van der Waals surface area contributed by atoms with E-state index in [2.05, 4.69) is 15.3 Å². The lowest BCUT2D eigenvalue weighted by Crippen LogP contribution is -2.44. The molecule has 2 heterocycles. The van der Waals surface area contributed by atoms with Gasteiger partial charge in [0.2, 0.25) is 11.9 Å². The first kappa shape index (κ1) is 13.3. The molecule has 7 heteroatoms. The summed E-state index contributed by atoms with van der Waals surface area (Å²) in [6, 6.07) is 1.41. The van der Waals surface area contributed by atoms with Crippen molar-refractivity contribution in [3.05, 3.63) is 18.5 Å². The first-order valence-corrected chi connectivity index (χ1v) is 6.21. The van der Waals surface area contributed by atoms with Gasteiger partial charge in [0.15, 0.2) is 0 Å². The maximum absolute atomic E-state index is 12.0. The van der Waals surface area contributed by atoms with Crippen LogP contribution in [0.25, 0.3) is 0 Å². The summed E-state index contributed by atoms with van der Waals surface area (Å²) in [7, 11) is 0. The van der Waals surface area contributed by atoms with Crippen molar-refractivity contribution in [1.29, 1.82) is 0 Å². The number of hydrogen-bond acceptors (Lipinski definition) is 5. The topological polar surface area (TPSA) is 95.4 Å². The largest absolute Gasteiger partial charge is 0.481 e. The van der Waals surface area contributed by atoms with Gasteiger partial charge in [0.05, 0.1) is 6.42 Å². The molecular formula is C12H16N4O3. The quantitative estimate of drug-likeness (QED) is 0.779. The Morgan fingerprint density at radius 1 is 1.42 bits per heavy atom. The molecule has 1 atom stereocenters. The number of carboxylic acid groups (broad SMARTS) is 1. The van der Waals surface area contributed by atoms with Gasteiger partial charge in [0.25, 0.3) is 0 Å². The van der Waals surface area contributed by atoms with Gasteiger partial charge in [-0.3, -0.25) is 9.59 Å². The van der Waals surface area contributed by atoms with Crippen molar-refractivity contribution in [3.8, 4) is 0 Å². The monoisotopic (exact) mass is 264 g/mol. The summed E-state index contributed by atoms with van der Waals surface area (Å²) in [5.41, 5.74) is 0. The van der Waals surface area contributed by atoms with Gasteiger partial charge in [0, 0.05) is 25.5 Å². The van der Waals surface area contributed by atoms with Crippen LogP contribution in [-0.4, -0.2) is 46.1 Å². The minimum atomic E-state index is -0.921. The Hall–Kier alpha value is -2.18. The van der Waals surface area contributed by atoms with E-state index in [9.17, 15) is 9.59 Å². The lowest BCUT2D eigenvalue weighted by molar-refractivity contribution is -0.136. The normalized spacial score (nSPS) is 18.3. The SMILES string of the molecule is O=C(O)CCNC(=O)C1CCCN1c1ncccn1. The molecule has 102 valence electrons. The zero-order valence-electron chi connectivity index (χ0n) is 10.5. The van der Waals surface area contributed by atoms with Gasteiger partial charge >= 0.3 is 5.97 Å². The molecule has 1 amide bonds. The number of anilines is 1. The number of amides is 1. The van der Waals surface area contributed by atoms with E-state index >= 15 is 0 Å². The van der Waals surface area contributed by atoms with E-state index in [-0.39, 0.29) is 24.9 Å². The van der Waals surface area contributed by atoms with Crippen LogP contribution in [0.4, 0.5) is 5.95 Å². The second kappa shape index (κ2) is 6.12. The molecule has 0 radical (unpaired) electrons. The molecule has 2 rings (SSSR count). The summed E-state index contributed by atoms with van der Waals surface area (Å²) in [5.74, 6) is -0.542. The third-order valence-electron chi connectivity index (χ3n) is 3.00. The minimum Gasteiger partial charge on any atom is -0.481 e. The van der Waals surface area contributed by atoms with Crippen LogP contribution < -0.4 is 10.2 Å². The van der Waals surface area contributed by atoms with Gasteiger partial charge in [-0.15, -0.1) is 0 Å². The molecule has 1 fully saturated rings. The standard InChI is InChI=1S/C12H16N4O3/c17-10(18)4-7-13-11(19)9-3-1-8-16(9)12-14-5-2-6-15-12/h2,5-6,9H,1,3-4,7-8H2,(H,13,19)(H,17,18). The molecule has 7 nitrogen and oxygen atoms in total. The van der Waals surface area contributed by atoms with Crippen molar-refractivity contribution >= 4 is 17.8 Å². The maximum Gasteiger partial charge on any atom is 0.305 e. The fourth-order valence-electron chi connectivity index (χ4n) is 2.13. The lowest BCUT2D eigenvalue weighted by Gasteiger charge is -2.23. The Balaban J connectivity index is 1.95. The fourth-order valence-corrected chi connectivity index (χ4v) is 2.13. The van der Waals surface area contributed by atoms with Crippen LogP contribution in [0.5, 0.6) is 0 Å². The van der Waals surface area contributed by atoms with Gasteiger partial charge in [-0.05, 0) is 18.9 Å². The van der Waals surface area contributed by atoms with Gasteiger partial charge in [-0.25, -0.2) is 9.97 Å². The average molecular weight is 264 g/mol. The summed E-state index contributed by atoms with van der Waals surface area (Å²) in [6.45, 7) is 0.884. The van der Waals surface area contributed by atoms with E-state index < -0.39 is 5.97 Å². The van der Waals surface area contributed by atoms with Crippen LogP contribution in [0, 0.1) is 0 Å². The predicted octanol–water partition coefficient (Wildman–Crippen LogP) is 0.0363. The highest BCUT2D eigenvalue weighted by atomic mass is 16.4. The molecule has 0 aliphatic carbocycles. The number of hydrogen-bond donors (Lipinski definition) is 2. The van der Waals surface area contributed by atoms with Crippen LogP contribution in [0.3, 0.4) is 0 Å². The third-order valence-corrected chi connectivity index (χ3v) is 3.00. The summed E-state index contributed by atoms with van der Waals surface area (Å²) in [4.78, 5) is 32.6. The van der Waals surface area contributed by atoms with E-state index in [1.54, 1.807) is 18.5 Å². The first-order chi connectivity index (χ1) is 9.18. The molecule has 19 heavy (non-hydrogen) atoms. The molecule has 1 saturated heterocycles. The number of carbonyl (C=O) groups is 2. The van der Waals surface area contributed by atoms with E-state index in [1.807, 2.05) is 4.90 Å². The number of aliphatic carboxylic acids is 1. The Bertz CT molecular complexity index is 452. The number of aromatic nitrogens is 2. The fraction of sp³-hybridized carbons (Fsp3) is 0.500. The minimum absolute atomic E-state index is 0.0691. The number of carboxylic acids is 1. The molecule has 0 aromatic carbocycles. The molecule has 0 spiro atoms. The second-order valence-electron chi connectivity index (χ2n) is 4.33. The Morgan fingerprint density at radius 2 is 2.16 bits per heavy atom. The van der Waals surface area contributed by atoms with E-state index in [0.717, 1.165) is 19.4 Å². The van der Waals surface area contributed by atoms with Crippen LogP contribution in [0.15, 0.2) is 18.5 Å². The van der Waals surface area contributed by atoms with Crippen LogP contribution >= 0.6 is 0 Å². The lowest BCUT2D eigenvalue weighted by atomic mass is 10.2. The van der Waals surface area contributed by atoms with Crippen molar-refractivity contribution in [2.45, 2.75) is 25.3 Å². The van der Waals surface area contributed by atoms with E-state index in [0.29, 0.717) is 5.95 Å².